The van der Waals surface area contributed by atoms with Crippen LogP contribution in [0.1, 0.15) is 37.7 Å². The summed E-state index contributed by atoms with van der Waals surface area (Å²) in [5, 5.41) is 7.42. The van der Waals surface area contributed by atoms with Crippen LogP contribution >= 0.6 is 28.1 Å². The van der Waals surface area contributed by atoms with E-state index < -0.39 is 0 Å². The van der Waals surface area contributed by atoms with Crippen LogP contribution in [-0.4, -0.2) is 11.2 Å². The van der Waals surface area contributed by atoms with Gasteiger partial charge in [0.05, 0.1) is 5.69 Å². The number of hydrogen-bond acceptors (Lipinski definition) is 1. The average Bonchev–Trinajstić information content (AvgIpc) is 2.36. The van der Waals surface area contributed by atoms with E-state index in [1.165, 1.54) is 37.7 Å². The van der Waals surface area contributed by atoms with Gasteiger partial charge in [-0.25, -0.2) is 0 Å². The summed E-state index contributed by atoms with van der Waals surface area (Å²) in [6, 6.07) is 6.69. The highest BCUT2D eigenvalue weighted by Crippen LogP contribution is 2.25. The van der Waals surface area contributed by atoms with E-state index in [9.17, 15) is 0 Å². The maximum absolute atomic E-state index is 5.38. The van der Waals surface area contributed by atoms with Crippen molar-refractivity contribution in [2.75, 3.05) is 5.32 Å². The highest BCUT2D eigenvalue weighted by Gasteiger charge is 2.14. The number of aryl methyl sites for hydroxylation is 1. The fraction of sp³-hybridized carbons (Fsp3) is 0.500. The lowest BCUT2D eigenvalue weighted by Gasteiger charge is -2.24. The van der Waals surface area contributed by atoms with Gasteiger partial charge in [-0.1, -0.05) is 31.4 Å². The van der Waals surface area contributed by atoms with Crippen LogP contribution in [0.25, 0.3) is 0 Å². The molecular weight excluding hydrogens is 308 g/mol. The third-order valence-electron chi connectivity index (χ3n) is 3.38. The molecule has 2 nitrogen and oxygen atoms in total. The Morgan fingerprint density at radius 1 is 1.28 bits per heavy atom. The van der Waals surface area contributed by atoms with Gasteiger partial charge in [0.2, 0.25) is 0 Å². The van der Waals surface area contributed by atoms with E-state index in [0.29, 0.717) is 6.04 Å². The van der Waals surface area contributed by atoms with E-state index in [4.69, 9.17) is 12.2 Å². The number of benzene rings is 1. The highest BCUT2D eigenvalue weighted by atomic mass is 79.9. The molecule has 18 heavy (non-hydrogen) atoms. The molecule has 2 N–H and O–H groups in total. The molecule has 0 aromatic heterocycles. The summed E-state index contributed by atoms with van der Waals surface area (Å²) in [6.45, 7) is 2.08. The van der Waals surface area contributed by atoms with Gasteiger partial charge in [-0.3, -0.25) is 0 Å². The number of rotatable bonds is 2. The van der Waals surface area contributed by atoms with Crippen LogP contribution in [0.2, 0.25) is 0 Å². The van der Waals surface area contributed by atoms with Crippen molar-refractivity contribution >= 4 is 38.9 Å². The Morgan fingerprint density at radius 3 is 2.72 bits per heavy atom. The van der Waals surface area contributed by atoms with Gasteiger partial charge >= 0.3 is 0 Å². The van der Waals surface area contributed by atoms with Crippen LogP contribution < -0.4 is 10.6 Å². The molecule has 0 bridgehead atoms. The smallest absolute Gasteiger partial charge is 0.171 e. The lowest BCUT2D eigenvalue weighted by molar-refractivity contribution is 0.415. The minimum atomic E-state index is 0.544. The SMILES string of the molecule is Cc1cccc(NC(=S)NC2CCCCC2)c1Br. The molecule has 0 aliphatic heterocycles. The van der Waals surface area contributed by atoms with Gasteiger partial charge in [0.15, 0.2) is 5.11 Å². The lowest BCUT2D eigenvalue weighted by Crippen LogP contribution is -2.38. The zero-order valence-electron chi connectivity index (χ0n) is 10.6. The topological polar surface area (TPSA) is 24.1 Å². The second-order valence-corrected chi connectivity index (χ2v) is 6.07. The average molecular weight is 327 g/mol. The predicted molar refractivity (Wildman–Crippen MR) is 85.1 cm³/mol. The lowest BCUT2D eigenvalue weighted by atomic mass is 9.96. The summed E-state index contributed by atoms with van der Waals surface area (Å²) < 4.78 is 1.08. The summed E-state index contributed by atoms with van der Waals surface area (Å²) in [7, 11) is 0. The summed E-state index contributed by atoms with van der Waals surface area (Å²) in [4.78, 5) is 0. The van der Waals surface area contributed by atoms with Crippen molar-refractivity contribution in [1.29, 1.82) is 0 Å². The van der Waals surface area contributed by atoms with Gasteiger partial charge in [0, 0.05) is 10.5 Å². The van der Waals surface area contributed by atoms with Gasteiger partial charge in [-0.05, 0) is 59.5 Å². The van der Waals surface area contributed by atoms with Gasteiger partial charge < -0.3 is 10.6 Å². The van der Waals surface area contributed by atoms with E-state index in [0.717, 1.165) is 15.3 Å². The van der Waals surface area contributed by atoms with E-state index in [2.05, 4.69) is 39.6 Å². The second kappa shape index (κ2) is 6.53. The Bertz CT molecular complexity index is 428. The second-order valence-electron chi connectivity index (χ2n) is 4.87. The molecule has 0 radical (unpaired) electrons. The van der Waals surface area contributed by atoms with Crippen molar-refractivity contribution in [3.63, 3.8) is 0 Å². The molecule has 98 valence electrons. The number of nitrogens with one attached hydrogen (secondary N) is 2. The summed E-state index contributed by atoms with van der Waals surface area (Å²) in [5.74, 6) is 0. The van der Waals surface area contributed by atoms with Gasteiger partial charge in [-0.2, -0.15) is 0 Å². The molecule has 0 atom stereocenters. The maximum Gasteiger partial charge on any atom is 0.171 e. The zero-order valence-corrected chi connectivity index (χ0v) is 13.0. The molecular formula is C14H19BrN2S. The minimum Gasteiger partial charge on any atom is -0.360 e. The molecule has 1 aliphatic carbocycles. The number of thiocarbonyl (C=S) groups is 1. The van der Waals surface area contributed by atoms with Gasteiger partial charge in [0.1, 0.15) is 0 Å². The molecule has 0 heterocycles. The normalized spacial score (nSPS) is 16.3. The van der Waals surface area contributed by atoms with E-state index in [1.807, 2.05) is 12.1 Å². The first kappa shape index (κ1) is 13.8. The molecule has 0 amide bonds. The molecule has 2 rings (SSSR count). The monoisotopic (exact) mass is 326 g/mol. The largest absolute Gasteiger partial charge is 0.360 e. The molecule has 1 aromatic rings. The minimum absolute atomic E-state index is 0.544. The molecule has 0 spiro atoms. The number of hydrogen-bond donors (Lipinski definition) is 2. The Kier molecular flexibility index (Phi) is 5.01. The molecule has 1 aromatic carbocycles. The van der Waals surface area contributed by atoms with Crippen molar-refractivity contribution in [2.45, 2.75) is 45.1 Å². The van der Waals surface area contributed by atoms with Crippen molar-refractivity contribution < 1.29 is 0 Å². The predicted octanol–water partition coefficient (Wildman–Crippen LogP) is 4.38. The number of halogens is 1. The molecule has 4 heteroatoms. The fourth-order valence-corrected chi connectivity index (χ4v) is 2.97. The standard InChI is InChI=1S/C14H19BrN2S/c1-10-6-5-9-12(13(10)15)17-14(18)16-11-7-3-2-4-8-11/h5-6,9,11H,2-4,7-8H2,1H3,(H2,16,17,18). The Hall–Kier alpha value is -0.610. The molecule has 1 aliphatic rings. The van der Waals surface area contributed by atoms with Crippen LogP contribution in [0.4, 0.5) is 5.69 Å². The summed E-state index contributed by atoms with van der Waals surface area (Å²) in [5.41, 5.74) is 2.24. The molecule has 0 saturated heterocycles. The first-order valence-electron chi connectivity index (χ1n) is 6.49. The third-order valence-corrected chi connectivity index (χ3v) is 4.65. The Balaban J connectivity index is 1.92. The zero-order chi connectivity index (χ0) is 13.0. The van der Waals surface area contributed by atoms with E-state index in [1.54, 1.807) is 0 Å². The van der Waals surface area contributed by atoms with Crippen molar-refractivity contribution in [3.8, 4) is 0 Å². The molecule has 1 fully saturated rings. The first-order valence-corrected chi connectivity index (χ1v) is 7.69. The number of anilines is 1. The highest BCUT2D eigenvalue weighted by molar-refractivity contribution is 9.10. The van der Waals surface area contributed by atoms with Gasteiger partial charge in [0.25, 0.3) is 0 Å². The maximum atomic E-state index is 5.38. The third kappa shape index (κ3) is 3.69. The van der Waals surface area contributed by atoms with E-state index in [-0.39, 0.29) is 0 Å². The van der Waals surface area contributed by atoms with Crippen LogP contribution in [0.3, 0.4) is 0 Å². The first-order chi connectivity index (χ1) is 8.66. The van der Waals surface area contributed by atoms with Crippen LogP contribution in [0, 0.1) is 6.92 Å². The van der Waals surface area contributed by atoms with Crippen LogP contribution in [-0.2, 0) is 0 Å². The fourth-order valence-electron chi connectivity index (χ4n) is 2.33. The van der Waals surface area contributed by atoms with Crippen molar-refractivity contribution in [2.24, 2.45) is 0 Å². The molecule has 1 saturated carbocycles. The van der Waals surface area contributed by atoms with Crippen molar-refractivity contribution in [3.05, 3.63) is 28.2 Å². The van der Waals surface area contributed by atoms with E-state index >= 15 is 0 Å². The molecule has 0 unspecified atom stereocenters. The van der Waals surface area contributed by atoms with Gasteiger partial charge in [-0.15, -0.1) is 0 Å². The van der Waals surface area contributed by atoms with Crippen molar-refractivity contribution in [1.82, 2.24) is 5.32 Å². The van der Waals surface area contributed by atoms with Crippen LogP contribution in [0.15, 0.2) is 22.7 Å². The Labute approximate surface area is 123 Å². The summed E-state index contributed by atoms with van der Waals surface area (Å²) in [6.07, 6.45) is 6.46. The Morgan fingerprint density at radius 2 is 2.00 bits per heavy atom. The van der Waals surface area contributed by atoms with Crippen LogP contribution in [0.5, 0.6) is 0 Å². The quantitative estimate of drug-likeness (QED) is 0.789. The summed E-state index contributed by atoms with van der Waals surface area (Å²) >= 11 is 8.96.